The van der Waals surface area contributed by atoms with E-state index in [1.807, 2.05) is 0 Å². The molecular formula is C13H13N5O3S2. The number of H-pyrrole nitrogens is 1. The first kappa shape index (κ1) is 14.5. The highest BCUT2D eigenvalue weighted by Gasteiger charge is 2.28. The molecule has 1 aliphatic rings. The van der Waals surface area contributed by atoms with E-state index in [-0.39, 0.29) is 5.92 Å². The number of aromatic nitrogens is 5. The van der Waals surface area contributed by atoms with Gasteiger partial charge in [0.05, 0.1) is 16.3 Å². The van der Waals surface area contributed by atoms with Gasteiger partial charge in [-0.2, -0.15) is 20.4 Å². The molecule has 8 nitrogen and oxygen atoms in total. The summed E-state index contributed by atoms with van der Waals surface area (Å²) in [7, 11) is -3.22. The predicted molar refractivity (Wildman–Crippen MR) is 81.9 cm³/mol. The maximum atomic E-state index is 11.6. The van der Waals surface area contributed by atoms with Crippen molar-refractivity contribution in [3.8, 4) is 10.7 Å². The first-order chi connectivity index (χ1) is 11.0. The standard InChI is InChI=1S/C13H13N5O3S2/c1-23(19,20)11-5-4-10(22-11)12-14-13(21-17-12)7-2-3-8-9(6-7)16-18-15-8/h4-5,7H,2-3,6H2,1H3,(H,15,16,18). The molecule has 0 spiro atoms. The van der Waals surface area contributed by atoms with Crippen molar-refractivity contribution in [1.82, 2.24) is 25.6 Å². The Morgan fingerprint density at radius 3 is 2.91 bits per heavy atom. The van der Waals surface area contributed by atoms with Crippen LogP contribution >= 0.6 is 11.3 Å². The molecule has 1 N–H and O–H groups in total. The summed E-state index contributed by atoms with van der Waals surface area (Å²) in [5.41, 5.74) is 1.94. The van der Waals surface area contributed by atoms with Gasteiger partial charge >= 0.3 is 0 Å². The van der Waals surface area contributed by atoms with Crippen LogP contribution in [0.25, 0.3) is 10.7 Å². The minimum Gasteiger partial charge on any atom is -0.339 e. The van der Waals surface area contributed by atoms with E-state index >= 15 is 0 Å². The molecule has 120 valence electrons. The second-order valence-electron chi connectivity index (χ2n) is 5.50. The summed E-state index contributed by atoms with van der Waals surface area (Å²) >= 11 is 1.14. The number of nitrogens with zero attached hydrogens (tertiary/aromatic N) is 4. The Bertz CT molecular complexity index is 956. The number of hydrogen-bond acceptors (Lipinski definition) is 8. The summed E-state index contributed by atoms with van der Waals surface area (Å²) in [4.78, 5) is 5.12. The molecule has 0 saturated carbocycles. The lowest BCUT2D eigenvalue weighted by Gasteiger charge is -2.15. The van der Waals surface area contributed by atoms with Crippen molar-refractivity contribution in [2.45, 2.75) is 29.4 Å². The van der Waals surface area contributed by atoms with Gasteiger partial charge in [0.25, 0.3) is 0 Å². The summed E-state index contributed by atoms with van der Waals surface area (Å²) in [6.07, 6.45) is 3.60. The molecule has 0 saturated heterocycles. The zero-order valence-corrected chi connectivity index (χ0v) is 13.8. The molecule has 0 aliphatic heterocycles. The topological polar surface area (TPSA) is 115 Å². The Morgan fingerprint density at radius 2 is 2.13 bits per heavy atom. The molecule has 10 heteroatoms. The highest BCUT2D eigenvalue weighted by Crippen LogP contribution is 2.33. The number of fused-ring (bicyclic) bond motifs is 1. The van der Waals surface area contributed by atoms with Crippen LogP contribution in [-0.4, -0.2) is 40.2 Å². The van der Waals surface area contributed by atoms with Crippen molar-refractivity contribution < 1.29 is 12.9 Å². The van der Waals surface area contributed by atoms with E-state index in [1.165, 1.54) is 6.26 Å². The molecule has 1 atom stereocenters. The molecule has 1 aliphatic carbocycles. The summed E-state index contributed by atoms with van der Waals surface area (Å²) in [5.74, 6) is 1.09. The quantitative estimate of drug-likeness (QED) is 0.762. The minimum atomic E-state index is -3.22. The van der Waals surface area contributed by atoms with Crippen LogP contribution in [0.2, 0.25) is 0 Å². The zero-order chi connectivity index (χ0) is 16.0. The van der Waals surface area contributed by atoms with Gasteiger partial charge in [0.2, 0.25) is 11.7 Å². The molecule has 1 unspecified atom stereocenters. The van der Waals surface area contributed by atoms with Crippen LogP contribution in [0.15, 0.2) is 20.9 Å². The van der Waals surface area contributed by atoms with E-state index in [2.05, 4.69) is 25.6 Å². The Morgan fingerprint density at radius 1 is 1.30 bits per heavy atom. The highest BCUT2D eigenvalue weighted by atomic mass is 32.2. The summed E-state index contributed by atoms with van der Waals surface area (Å²) in [5, 5.41) is 14.9. The third kappa shape index (κ3) is 2.68. The number of thiophene rings is 1. The third-order valence-corrected chi connectivity index (χ3v) is 6.73. The van der Waals surface area contributed by atoms with Gasteiger partial charge in [-0.25, -0.2) is 8.42 Å². The normalized spacial score (nSPS) is 18.0. The highest BCUT2D eigenvalue weighted by molar-refractivity contribution is 7.92. The van der Waals surface area contributed by atoms with Crippen LogP contribution < -0.4 is 0 Å². The predicted octanol–water partition coefficient (Wildman–Crippen LogP) is 1.59. The first-order valence-electron chi connectivity index (χ1n) is 7.03. The van der Waals surface area contributed by atoms with E-state index in [0.717, 1.165) is 35.6 Å². The molecular weight excluding hydrogens is 338 g/mol. The lowest BCUT2D eigenvalue weighted by molar-refractivity contribution is 0.339. The summed E-state index contributed by atoms with van der Waals surface area (Å²) < 4.78 is 28.8. The monoisotopic (exact) mass is 351 g/mol. The number of sulfone groups is 1. The van der Waals surface area contributed by atoms with Crippen LogP contribution in [0.4, 0.5) is 0 Å². The van der Waals surface area contributed by atoms with E-state index in [1.54, 1.807) is 12.1 Å². The van der Waals surface area contributed by atoms with Crippen LogP contribution in [0.5, 0.6) is 0 Å². The van der Waals surface area contributed by atoms with Gasteiger partial charge in [-0.1, -0.05) is 5.16 Å². The maximum absolute atomic E-state index is 11.6. The second-order valence-corrected chi connectivity index (χ2v) is 8.83. The lowest BCUT2D eigenvalue weighted by atomic mass is 9.90. The molecule has 3 heterocycles. The van der Waals surface area contributed by atoms with Crippen molar-refractivity contribution in [2.75, 3.05) is 6.26 Å². The lowest BCUT2D eigenvalue weighted by Crippen LogP contribution is -2.12. The van der Waals surface area contributed by atoms with Crippen LogP contribution in [0, 0.1) is 0 Å². The summed E-state index contributed by atoms with van der Waals surface area (Å²) in [6.45, 7) is 0. The number of aryl methyl sites for hydroxylation is 1. The summed E-state index contributed by atoms with van der Waals surface area (Å²) in [6, 6.07) is 3.26. The molecule has 4 rings (SSSR count). The minimum absolute atomic E-state index is 0.114. The Labute approximate surface area is 135 Å². The van der Waals surface area contributed by atoms with E-state index in [4.69, 9.17) is 4.52 Å². The molecule has 23 heavy (non-hydrogen) atoms. The van der Waals surface area contributed by atoms with E-state index in [0.29, 0.717) is 27.2 Å². The van der Waals surface area contributed by atoms with Gasteiger partial charge in [-0.15, -0.1) is 11.3 Å². The smallest absolute Gasteiger partial charge is 0.230 e. The van der Waals surface area contributed by atoms with E-state index < -0.39 is 9.84 Å². The number of aromatic amines is 1. The second kappa shape index (κ2) is 5.24. The van der Waals surface area contributed by atoms with Crippen LogP contribution in [-0.2, 0) is 22.7 Å². The Hall–Kier alpha value is -2.07. The van der Waals surface area contributed by atoms with Gasteiger partial charge < -0.3 is 4.52 Å². The first-order valence-corrected chi connectivity index (χ1v) is 9.74. The van der Waals surface area contributed by atoms with Crippen molar-refractivity contribution in [3.63, 3.8) is 0 Å². The van der Waals surface area contributed by atoms with Gasteiger partial charge in [0, 0.05) is 18.6 Å². The molecule has 0 bridgehead atoms. The Balaban J connectivity index is 1.59. The largest absolute Gasteiger partial charge is 0.339 e. The fraction of sp³-hybridized carbons (Fsp3) is 0.385. The fourth-order valence-electron chi connectivity index (χ4n) is 2.64. The van der Waals surface area contributed by atoms with Crippen LogP contribution in [0.1, 0.15) is 29.6 Å². The zero-order valence-electron chi connectivity index (χ0n) is 12.2. The SMILES string of the molecule is CS(=O)(=O)c1ccc(-c2noc(C3CCc4n[nH]nc4C3)n2)s1. The van der Waals surface area contributed by atoms with Gasteiger partial charge in [-0.3, -0.25) is 0 Å². The molecule has 0 amide bonds. The number of hydrogen-bond donors (Lipinski definition) is 1. The molecule has 0 fully saturated rings. The molecule has 0 aromatic carbocycles. The van der Waals surface area contributed by atoms with E-state index in [9.17, 15) is 8.42 Å². The fourth-order valence-corrected chi connectivity index (χ4v) is 4.49. The average molecular weight is 351 g/mol. The van der Waals surface area contributed by atoms with Crippen molar-refractivity contribution in [3.05, 3.63) is 29.4 Å². The van der Waals surface area contributed by atoms with Crippen molar-refractivity contribution in [1.29, 1.82) is 0 Å². The van der Waals surface area contributed by atoms with Crippen molar-refractivity contribution >= 4 is 21.2 Å². The third-order valence-electron chi connectivity index (χ3n) is 3.83. The average Bonchev–Trinajstić information content (AvgIpc) is 3.24. The Kier molecular flexibility index (Phi) is 3.31. The van der Waals surface area contributed by atoms with Gasteiger partial charge in [0.1, 0.15) is 4.21 Å². The number of rotatable bonds is 3. The number of nitrogens with one attached hydrogen (secondary N) is 1. The van der Waals surface area contributed by atoms with Crippen LogP contribution in [0.3, 0.4) is 0 Å². The molecule has 3 aromatic heterocycles. The molecule has 0 radical (unpaired) electrons. The van der Waals surface area contributed by atoms with Crippen molar-refractivity contribution in [2.24, 2.45) is 0 Å². The maximum Gasteiger partial charge on any atom is 0.230 e. The van der Waals surface area contributed by atoms with Gasteiger partial charge in [-0.05, 0) is 25.0 Å². The molecule has 3 aromatic rings. The van der Waals surface area contributed by atoms with Gasteiger partial charge in [0.15, 0.2) is 9.84 Å².